The van der Waals surface area contributed by atoms with Gasteiger partial charge in [-0.05, 0) is 110 Å². The van der Waals surface area contributed by atoms with Crippen LogP contribution >= 0.6 is 0 Å². The molecular formula is C51H36N2. The molecular weight excluding hydrogens is 641 g/mol. The minimum Gasteiger partial charge on any atom is -0.310 e. The van der Waals surface area contributed by atoms with Gasteiger partial charge >= 0.3 is 0 Å². The number of aromatic nitrogens is 1. The van der Waals surface area contributed by atoms with E-state index in [2.05, 4.69) is 205 Å². The lowest BCUT2D eigenvalue weighted by molar-refractivity contribution is 0.632. The zero-order valence-corrected chi connectivity index (χ0v) is 29.7. The molecule has 0 amide bonds. The maximum atomic E-state index is 2.51. The van der Waals surface area contributed by atoms with Crippen molar-refractivity contribution < 1.29 is 0 Å². The molecule has 0 unspecified atom stereocenters. The summed E-state index contributed by atoms with van der Waals surface area (Å²) in [6.45, 7) is 4.77. The van der Waals surface area contributed by atoms with E-state index in [0.717, 1.165) is 11.4 Å². The van der Waals surface area contributed by atoms with Crippen molar-refractivity contribution >= 4 is 38.9 Å². The lowest BCUT2D eigenvalue weighted by Crippen LogP contribution is -2.30. The highest BCUT2D eigenvalue weighted by molar-refractivity contribution is 6.10. The molecule has 0 saturated carbocycles. The van der Waals surface area contributed by atoms with E-state index in [4.69, 9.17) is 0 Å². The molecule has 2 heteroatoms. The van der Waals surface area contributed by atoms with Crippen LogP contribution in [0.15, 0.2) is 182 Å². The topological polar surface area (TPSA) is 8.17 Å². The SMILES string of the molecule is CC1(C)c2ccccc2N(c2ccccc2)c2cc3c(cc21)-c1ccccc1-c1ccccc1-c1ccc(-n2c4ccccc4c4ccccc42)cc1-3. The van der Waals surface area contributed by atoms with Crippen molar-refractivity contribution in [1.29, 1.82) is 0 Å². The number of benzene rings is 8. The predicted molar refractivity (Wildman–Crippen MR) is 223 cm³/mol. The van der Waals surface area contributed by atoms with Crippen LogP contribution in [0.1, 0.15) is 25.0 Å². The monoisotopic (exact) mass is 676 g/mol. The fourth-order valence-corrected chi connectivity index (χ4v) is 9.28. The van der Waals surface area contributed by atoms with E-state index in [1.807, 2.05) is 0 Å². The Labute approximate surface area is 309 Å². The first-order valence-electron chi connectivity index (χ1n) is 18.5. The highest BCUT2D eigenvalue weighted by atomic mass is 15.2. The molecule has 53 heavy (non-hydrogen) atoms. The highest BCUT2D eigenvalue weighted by Crippen LogP contribution is 2.56. The van der Waals surface area contributed by atoms with Crippen LogP contribution in [0.5, 0.6) is 0 Å². The van der Waals surface area contributed by atoms with Crippen molar-refractivity contribution in [3.05, 3.63) is 193 Å². The van der Waals surface area contributed by atoms with E-state index in [1.165, 1.54) is 88.8 Å². The quantitative estimate of drug-likeness (QED) is 0.177. The molecule has 0 fully saturated rings. The Morgan fingerprint density at radius 2 is 0.830 bits per heavy atom. The minimum atomic E-state index is -0.227. The zero-order valence-electron chi connectivity index (χ0n) is 29.7. The summed E-state index contributed by atoms with van der Waals surface area (Å²) < 4.78 is 2.44. The predicted octanol–water partition coefficient (Wildman–Crippen LogP) is 13.9. The van der Waals surface area contributed by atoms with Gasteiger partial charge in [0.05, 0.1) is 22.4 Å². The summed E-state index contributed by atoms with van der Waals surface area (Å²) in [7, 11) is 0. The van der Waals surface area contributed by atoms with Gasteiger partial charge < -0.3 is 9.47 Å². The van der Waals surface area contributed by atoms with Gasteiger partial charge in [-0.25, -0.2) is 0 Å². The van der Waals surface area contributed by atoms with Gasteiger partial charge in [0, 0.05) is 27.6 Å². The van der Waals surface area contributed by atoms with Gasteiger partial charge in [-0.15, -0.1) is 0 Å². The number of hydrogen-bond donors (Lipinski definition) is 0. The van der Waals surface area contributed by atoms with Gasteiger partial charge in [0.25, 0.3) is 0 Å². The van der Waals surface area contributed by atoms with Crippen LogP contribution in [0.4, 0.5) is 17.1 Å². The molecule has 8 aromatic carbocycles. The number of rotatable bonds is 2. The fourth-order valence-electron chi connectivity index (χ4n) is 9.28. The number of para-hydroxylation sites is 4. The largest absolute Gasteiger partial charge is 0.310 e. The zero-order chi connectivity index (χ0) is 35.3. The standard InChI is InChI=1S/C51H36N2/c1-51(2)45-24-12-15-27-49(45)52(33-16-4-3-5-17-33)50-32-44-42-30-34(53-47-25-13-10-22-40(47)41-23-11-14-26-48(41)53)28-29-39(42)37-20-7-6-18-35(37)36-19-8-9-21-38(36)43(44)31-46(50)51/h3-32H,1-2H3. The van der Waals surface area contributed by atoms with E-state index in [-0.39, 0.29) is 5.41 Å². The second-order valence-corrected chi connectivity index (χ2v) is 14.9. The van der Waals surface area contributed by atoms with E-state index in [0.29, 0.717) is 0 Å². The van der Waals surface area contributed by atoms with Crippen molar-refractivity contribution in [3.63, 3.8) is 0 Å². The summed E-state index contributed by atoms with van der Waals surface area (Å²) in [4.78, 5) is 2.48. The third-order valence-corrected chi connectivity index (χ3v) is 11.7. The third-order valence-electron chi connectivity index (χ3n) is 11.7. The van der Waals surface area contributed by atoms with Gasteiger partial charge in [-0.2, -0.15) is 0 Å². The third kappa shape index (κ3) is 4.27. The van der Waals surface area contributed by atoms with Crippen LogP contribution in [0.25, 0.3) is 72.0 Å². The molecule has 0 radical (unpaired) electrons. The summed E-state index contributed by atoms with van der Waals surface area (Å²) in [5, 5.41) is 2.53. The normalized spacial score (nSPS) is 13.6. The molecule has 2 aliphatic rings. The summed E-state index contributed by atoms with van der Waals surface area (Å²) in [6, 6.07) is 67.4. The van der Waals surface area contributed by atoms with Gasteiger partial charge in [0.1, 0.15) is 0 Å². The average Bonchev–Trinajstić information content (AvgIpc) is 3.55. The fraction of sp³-hybridized carbons (Fsp3) is 0.0588. The maximum Gasteiger partial charge on any atom is 0.0541 e. The van der Waals surface area contributed by atoms with Crippen LogP contribution < -0.4 is 4.90 Å². The summed E-state index contributed by atoms with van der Waals surface area (Å²) in [5.41, 5.74) is 19.6. The maximum absolute atomic E-state index is 2.51. The average molecular weight is 677 g/mol. The van der Waals surface area contributed by atoms with Gasteiger partial charge in [-0.1, -0.05) is 141 Å². The highest BCUT2D eigenvalue weighted by Gasteiger charge is 2.38. The van der Waals surface area contributed by atoms with Crippen LogP contribution in [-0.2, 0) is 5.41 Å². The van der Waals surface area contributed by atoms with Crippen molar-refractivity contribution in [2.75, 3.05) is 4.90 Å². The van der Waals surface area contributed by atoms with Crippen LogP contribution in [0.2, 0.25) is 0 Å². The Morgan fingerprint density at radius 1 is 0.340 bits per heavy atom. The molecule has 9 aromatic rings. The van der Waals surface area contributed by atoms with E-state index in [9.17, 15) is 0 Å². The van der Waals surface area contributed by atoms with E-state index < -0.39 is 0 Å². The first kappa shape index (κ1) is 30.0. The molecule has 0 N–H and O–H groups in total. The molecule has 1 aromatic heterocycles. The molecule has 0 bridgehead atoms. The van der Waals surface area contributed by atoms with Crippen molar-refractivity contribution in [2.24, 2.45) is 0 Å². The Bertz CT molecular complexity index is 2870. The number of anilines is 3. The van der Waals surface area contributed by atoms with Crippen molar-refractivity contribution in [3.8, 4) is 50.2 Å². The molecule has 0 atom stereocenters. The molecule has 2 heterocycles. The minimum absolute atomic E-state index is 0.227. The first-order chi connectivity index (χ1) is 26.1. The van der Waals surface area contributed by atoms with Gasteiger partial charge in [-0.3, -0.25) is 0 Å². The molecule has 0 saturated heterocycles. The van der Waals surface area contributed by atoms with Crippen LogP contribution in [-0.4, -0.2) is 4.57 Å². The van der Waals surface area contributed by atoms with E-state index in [1.54, 1.807) is 0 Å². The smallest absolute Gasteiger partial charge is 0.0541 e. The van der Waals surface area contributed by atoms with Crippen molar-refractivity contribution in [2.45, 2.75) is 19.3 Å². The molecule has 0 spiro atoms. The molecule has 2 nitrogen and oxygen atoms in total. The lowest BCUT2D eigenvalue weighted by Gasteiger charge is -2.43. The summed E-state index contributed by atoms with van der Waals surface area (Å²) >= 11 is 0. The molecule has 1 aliphatic heterocycles. The Hall–Kier alpha value is -6.64. The summed E-state index contributed by atoms with van der Waals surface area (Å²) in [6.07, 6.45) is 0. The Balaban J connectivity index is 1.28. The second kappa shape index (κ2) is 11.2. The number of fused-ring (bicyclic) bond motifs is 13. The second-order valence-electron chi connectivity index (χ2n) is 14.9. The first-order valence-corrected chi connectivity index (χ1v) is 18.5. The van der Waals surface area contributed by atoms with Gasteiger partial charge in [0.2, 0.25) is 0 Å². The Morgan fingerprint density at radius 3 is 1.49 bits per heavy atom. The Kier molecular flexibility index (Phi) is 6.33. The van der Waals surface area contributed by atoms with Crippen LogP contribution in [0.3, 0.4) is 0 Å². The molecule has 250 valence electrons. The number of hydrogen-bond acceptors (Lipinski definition) is 1. The summed E-state index contributed by atoms with van der Waals surface area (Å²) in [5.74, 6) is 0. The van der Waals surface area contributed by atoms with Gasteiger partial charge in [0.15, 0.2) is 0 Å². The van der Waals surface area contributed by atoms with E-state index >= 15 is 0 Å². The molecule has 11 rings (SSSR count). The van der Waals surface area contributed by atoms with Crippen LogP contribution in [0, 0.1) is 0 Å². The lowest BCUT2D eigenvalue weighted by atomic mass is 9.71. The molecule has 1 aliphatic carbocycles. The number of nitrogens with zero attached hydrogens (tertiary/aromatic N) is 2. The van der Waals surface area contributed by atoms with Crippen molar-refractivity contribution in [1.82, 2.24) is 4.57 Å².